The zero-order valence-electron chi connectivity index (χ0n) is 15.7. The van der Waals surface area contributed by atoms with Crippen LogP contribution in [-0.2, 0) is 11.3 Å². The Morgan fingerprint density at radius 3 is 2.61 bits per heavy atom. The fourth-order valence-corrected chi connectivity index (χ4v) is 3.24. The fourth-order valence-electron chi connectivity index (χ4n) is 2.68. The molecule has 0 aliphatic rings. The Kier molecular flexibility index (Phi) is 6.49. The molecule has 1 aromatic heterocycles. The zero-order valence-corrected chi connectivity index (χ0v) is 16.5. The first-order valence-corrected chi connectivity index (χ1v) is 10.1. The lowest BCUT2D eigenvalue weighted by Crippen LogP contribution is -2.27. The highest BCUT2D eigenvalue weighted by Crippen LogP contribution is 2.24. The predicted octanol–water partition coefficient (Wildman–Crippen LogP) is 3.67. The molecule has 0 spiro atoms. The van der Waals surface area contributed by atoms with Crippen LogP contribution in [0.2, 0.25) is 0 Å². The average Bonchev–Trinajstić information content (AvgIpc) is 2.71. The number of carbonyl (C=O) groups excluding carboxylic acids is 1. The van der Waals surface area contributed by atoms with Crippen LogP contribution >= 0.6 is 11.8 Å². The number of aromatic nitrogens is 2. The molecule has 3 rings (SSSR count). The summed E-state index contributed by atoms with van der Waals surface area (Å²) in [5.74, 6) is 0.487. The van der Waals surface area contributed by atoms with E-state index < -0.39 is 0 Å². The second-order valence-corrected chi connectivity index (χ2v) is 6.79. The number of hydrogen-bond acceptors (Lipinski definition) is 5. The molecule has 2 aromatic carbocycles. The number of thioether (sulfide) groups is 1. The number of carbonyl (C=O) groups is 1. The van der Waals surface area contributed by atoms with E-state index in [0.29, 0.717) is 12.3 Å². The van der Waals surface area contributed by atoms with Crippen molar-refractivity contribution < 1.29 is 9.53 Å². The number of nitrogens with one attached hydrogen (secondary N) is 1. The van der Waals surface area contributed by atoms with E-state index >= 15 is 0 Å². The van der Waals surface area contributed by atoms with Gasteiger partial charge in [-0.2, -0.15) is 0 Å². The number of benzene rings is 2. The molecule has 3 aromatic rings. The molecule has 0 atom stereocenters. The Bertz CT molecular complexity index is 1020. The van der Waals surface area contributed by atoms with Gasteiger partial charge in [-0.1, -0.05) is 12.1 Å². The van der Waals surface area contributed by atoms with Crippen molar-refractivity contribution in [2.24, 2.45) is 0 Å². The summed E-state index contributed by atoms with van der Waals surface area (Å²) in [5, 5.41) is 2.84. The number of ether oxygens (including phenoxy) is 1. The van der Waals surface area contributed by atoms with Crippen LogP contribution in [0.1, 0.15) is 6.92 Å². The molecule has 1 heterocycles. The summed E-state index contributed by atoms with van der Waals surface area (Å²) >= 11 is 1.55. The highest BCUT2D eigenvalue weighted by molar-refractivity contribution is 7.98. The summed E-state index contributed by atoms with van der Waals surface area (Å²) in [6, 6.07) is 16.3. The third-order valence-corrected chi connectivity index (χ3v) is 4.83. The van der Waals surface area contributed by atoms with Crippen LogP contribution in [0.15, 0.2) is 70.6 Å². The molecule has 7 heteroatoms. The maximum atomic E-state index is 12.4. The number of nitrogens with zero attached hydrogens (tertiary/aromatic N) is 2. The minimum Gasteiger partial charge on any atom is -0.494 e. The Hall–Kier alpha value is -3.06. The van der Waals surface area contributed by atoms with E-state index in [1.54, 1.807) is 11.8 Å². The summed E-state index contributed by atoms with van der Waals surface area (Å²) in [6.07, 6.45) is 3.34. The van der Waals surface area contributed by atoms with E-state index in [9.17, 15) is 9.59 Å². The quantitative estimate of drug-likeness (QED) is 0.618. The molecule has 0 saturated heterocycles. The van der Waals surface area contributed by atoms with Crippen LogP contribution in [0.3, 0.4) is 0 Å². The van der Waals surface area contributed by atoms with Crippen molar-refractivity contribution in [1.29, 1.82) is 0 Å². The van der Waals surface area contributed by atoms with Gasteiger partial charge in [0.25, 0.3) is 5.56 Å². The van der Waals surface area contributed by atoms with E-state index in [4.69, 9.17) is 4.74 Å². The Labute approximate surface area is 167 Å². The average molecular weight is 395 g/mol. The maximum Gasteiger partial charge on any atom is 0.254 e. The summed E-state index contributed by atoms with van der Waals surface area (Å²) in [5.41, 5.74) is 1.81. The second-order valence-electron chi connectivity index (χ2n) is 5.95. The van der Waals surface area contributed by atoms with Crippen molar-refractivity contribution >= 4 is 23.4 Å². The molecule has 0 radical (unpaired) electrons. The molecule has 0 aliphatic carbocycles. The normalized spacial score (nSPS) is 10.5. The SMILES string of the molecule is CCOc1ccc(-c2cc(=O)n(CC(=O)Nc3ccccc3SC)cn2)cc1. The number of hydrogen-bond donors (Lipinski definition) is 1. The van der Waals surface area contributed by atoms with E-state index in [1.807, 2.05) is 61.7 Å². The van der Waals surface area contributed by atoms with Gasteiger partial charge in [0.15, 0.2) is 0 Å². The molecule has 0 aliphatic heterocycles. The molecule has 0 unspecified atom stereocenters. The standard InChI is InChI=1S/C21H21N3O3S/c1-3-27-16-10-8-15(9-11-16)18-12-21(26)24(14-22-18)13-20(25)23-17-6-4-5-7-19(17)28-2/h4-12,14H,3,13H2,1-2H3,(H,23,25). The second kappa shape index (κ2) is 9.23. The highest BCUT2D eigenvalue weighted by atomic mass is 32.2. The molecule has 0 bridgehead atoms. The van der Waals surface area contributed by atoms with Crippen LogP contribution in [0.5, 0.6) is 5.75 Å². The first kappa shape index (κ1) is 19.7. The lowest BCUT2D eigenvalue weighted by Gasteiger charge is -2.10. The smallest absolute Gasteiger partial charge is 0.254 e. The molecule has 1 N–H and O–H groups in total. The lowest BCUT2D eigenvalue weighted by molar-refractivity contribution is -0.116. The molecule has 0 fully saturated rings. The molecular weight excluding hydrogens is 374 g/mol. The molecule has 144 valence electrons. The number of para-hydroxylation sites is 1. The van der Waals surface area contributed by atoms with Crippen molar-refractivity contribution in [3.8, 4) is 17.0 Å². The van der Waals surface area contributed by atoms with Crippen LogP contribution in [0, 0.1) is 0 Å². The van der Waals surface area contributed by atoms with Crippen LogP contribution < -0.4 is 15.6 Å². The van der Waals surface area contributed by atoms with Crippen LogP contribution in [0.25, 0.3) is 11.3 Å². The van der Waals surface area contributed by atoms with Gasteiger partial charge in [-0.25, -0.2) is 4.98 Å². The van der Waals surface area contributed by atoms with Gasteiger partial charge in [-0.05, 0) is 49.6 Å². The van der Waals surface area contributed by atoms with Gasteiger partial charge in [0.05, 0.1) is 24.3 Å². The van der Waals surface area contributed by atoms with Gasteiger partial charge < -0.3 is 10.1 Å². The van der Waals surface area contributed by atoms with E-state index in [0.717, 1.165) is 21.9 Å². The van der Waals surface area contributed by atoms with Gasteiger partial charge in [0, 0.05) is 16.5 Å². The molecule has 6 nitrogen and oxygen atoms in total. The third kappa shape index (κ3) is 4.80. The first-order valence-electron chi connectivity index (χ1n) is 8.83. The molecule has 0 saturated carbocycles. The summed E-state index contributed by atoms with van der Waals surface area (Å²) in [7, 11) is 0. The number of amides is 1. The van der Waals surface area contributed by atoms with Gasteiger partial charge in [0.2, 0.25) is 5.91 Å². The van der Waals surface area contributed by atoms with Crippen molar-refractivity contribution in [3.05, 3.63) is 71.3 Å². The zero-order chi connectivity index (χ0) is 19.9. The monoisotopic (exact) mass is 395 g/mol. The van der Waals surface area contributed by atoms with Gasteiger partial charge in [-0.3, -0.25) is 14.2 Å². The lowest BCUT2D eigenvalue weighted by atomic mass is 10.1. The largest absolute Gasteiger partial charge is 0.494 e. The summed E-state index contributed by atoms with van der Waals surface area (Å²) in [4.78, 5) is 30.0. The van der Waals surface area contributed by atoms with Crippen molar-refractivity contribution in [2.75, 3.05) is 18.2 Å². The Balaban J connectivity index is 1.72. The highest BCUT2D eigenvalue weighted by Gasteiger charge is 2.09. The van der Waals surface area contributed by atoms with Crippen molar-refractivity contribution in [2.45, 2.75) is 18.4 Å². The third-order valence-electron chi connectivity index (χ3n) is 4.04. The fraction of sp³-hybridized carbons (Fsp3) is 0.190. The maximum absolute atomic E-state index is 12.4. The number of anilines is 1. The van der Waals surface area contributed by atoms with Gasteiger partial charge in [0.1, 0.15) is 12.3 Å². The van der Waals surface area contributed by atoms with E-state index in [1.165, 1.54) is 17.0 Å². The van der Waals surface area contributed by atoms with Gasteiger partial charge in [-0.15, -0.1) is 11.8 Å². The van der Waals surface area contributed by atoms with E-state index in [-0.39, 0.29) is 18.0 Å². The molecule has 1 amide bonds. The van der Waals surface area contributed by atoms with Crippen molar-refractivity contribution in [1.82, 2.24) is 9.55 Å². The summed E-state index contributed by atoms with van der Waals surface area (Å²) < 4.78 is 6.70. The molecule has 28 heavy (non-hydrogen) atoms. The van der Waals surface area contributed by atoms with Gasteiger partial charge >= 0.3 is 0 Å². The van der Waals surface area contributed by atoms with Crippen molar-refractivity contribution in [3.63, 3.8) is 0 Å². The Morgan fingerprint density at radius 2 is 1.93 bits per heavy atom. The Morgan fingerprint density at radius 1 is 1.18 bits per heavy atom. The van der Waals surface area contributed by atoms with E-state index in [2.05, 4.69) is 10.3 Å². The first-order chi connectivity index (χ1) is 13.6. The topological polar surface area (TPSA) is 73.2 Å². The molecular formula is C21H21N3O3S. The minimum absolute atomic E-state index is 0.0991. The summed E-state index contributed by atoms with van der Waals surface area (Å²) in [6.45, 7) is 2.42. The predicted molar refractivity (Wildman–Crippen MR) is 112 cm³/mol. The number of rotatable bonds is 7. The van der Waals surface area contributed by atoms with Crippen LogP contribution in [-0.4, -0.2) is 28.3 Å². The minimum atomic E-state index is -0.285. The van der Waals surface area contributed by atoms with Crippen LogP contribution in [0.4, 0.5) is 5.69 Å².